The van der Waals surface area contributed by atoms with Gasteiger partial charge in [-0.05, 0) is 23.8 Å². The van der Waals surface area contributed by atoms with Crippen molar-refractivity contribution in [3.05, 3.63) is 71.8 Å². The molecule has 0 bridgehead atoms. The van der Waals surface area contributed by atoms with Crippen LogP contribution in [0.15, 0.2) is 60.7 Å². The zero-order chi connectivity index (χ0) is 15.9. The van der Waals surface area contributed by atoms with Gasteiger partial charge in [-0.3, -0.25) is 9.59 Å². The zero-order valence-corrected chi connectivity index (χ0v) is 12.7. The van der Waals surface area contributed by atoms with Crippen molar-refractivity contribution in [3.8, 4) is 0 Å². The van der Waals surface area contributed by atoms with E-state index in [2.05, 4.69) is 5.32 Å². The topological polar surface area (TPSA) is 46.2 Å². The maximum atomic E-state index is 12.2. The Kier molecular flexibility index (Phi) is 5.26. The molecule has 3 nitrogen and oxygen atoms in total. The number of amides is 1. The summed E-state index contributed by atoms with van der Waals surface area (Å²) < 4.78 is 0. The van der Waals surface area contributed by atoms with Crippen molar-refractivity contribution < 1.29 is 9.59 Å². The lowest BCUT2D eigenvalue weighted by Gasteiger charge is -2.10. The number of carbonyl (C=O) groups is 2. The molecule has 1 amide bonds. The number of hydrogen-bond acceptors (Lipinski definition) is 2. The van der Waals surface area contributed by atoms with Gasteiger partial charge >= 0.3 is 0 Å². The third-order valence-corrected chi connectivity index (χ3v) is 3.20. The average molecular weight is 293 g/mol. The molecule has 0 aliphatic carbocycles. The van der Waals surface area contributed by atoms with Crippen LogP contribution >= 0.6 is 0 Å². The van der Waals surface area contributed by atoms with Crippen molar-refractivity contribution in [2.24, 2.45) is 5.92 Å². The molecular weight excluding hydrogens is 274 g/mol. The van der Waals surface area contributed by atoms with Gasteiger partial charge in [-0.15, -0.1) is 0 Å². The van der Waals surface area contributed by atoms with Crippen LogP contribution in [0, 0.1) is 5.92 Å². The summed E-state index contributed by atoms with van der Waals surface area (Å²) in [5.41, 5.74) is 2.03. The minimum Gasteiger partial charge on any atom is -0.322 e. The van der Waals surface area contributed by atoms with Crippen LogP contribution in [0.1, 0.15) is 29.8 Å². The summed E-state index contributed by atoms with van der Waals surface area (Å²) >= 11 is 0. The summed E-state index contributed by atoms with van der Waals surface area (Å²) in [5, 5.41) is 2.77. The fourth-order valence-corrected chi connectivity index (χ4v) is 2.03. The van der Waals surface area contributed by atoms with E-state index >= 15 is 0 Å². The van der Waals surface area contributed by atoms with Gasteiger partial charge in [-0.25, -0.2) is 0 Å². The Balaban J connectivity index is 2.12. The quantitative estimate of drug-likeness (QED) is 0.664. The lowest BCUT2D eigenvalue weighted by molar-refractivity contribution is -0.111. The van der Waals surface area contributed by atoms with Crippen LogP contribution in [-0.4, -0.2) is 11.7 Å². The molecule has 0 radical (unpaired) electrons. The van der Waals surface area contributed by atoms with E-state index in [9.17, 15) is 9.59 Å². The fourth-order valence-electron chi connectivity index (χ4n) is 2.03. The Labute approximate surface area is 130 Å². The molecule has 2 aromatic rings. The van der Waals surface area contributed by atoms with Gasteiger partial charge in [0.05, 0.1) is 5.69 Å². The van der Waals surface area contributed by atoms with Gasteiger partial charge in [-0.1, -0.05) is 56.3 Å². The highest BCUT2D eigenvalue weighted by Gasteiger charge is 2.15. The molecule has 0 aromatic heterocycles. The predicted molar refractivity (Wildman–Crippen MR) is 89.7 cm³/mol. The first-order chi connectivity index (χ1) is 10.6. The minimum atomic E-state index is -0.257. The summed E-state index contributed by atoms with van der Waals surface area (Å²) in [5.74, 6) is -0.353. The molecule has 0 saturated carbocycles. The maximum absolute atomic E-state index is 12.2. The Morgan fingerprint density at radius 2 is 1.59 bits per heavy atom. The first-order valence-corrected chi connectivity index (χ1v) is 7.25. The number of Topliss-reactive ketones (excluding diaryl/α,β-unsaturated/α-hetero) is 1. The standard InChI is InChI=1S/C19H19NO2/c1-14(2)19(22)16-10-6-7-11-17(16)20-18(21)13-12-15-8-4-3-5-9-15/h3-14H,1-2H3,(H,20,21). The first-order valence-electron chi connectivity index (χ1n) is 7.25. The highest BCUT2D eigenvalue weighted by molar-refractivity contribution is 6.08. The largest absolute Gasteiger partial charge is 0.322 e. The highest BCUT2D eigenvalue weighted by Crippen LogP contribution is 2.19. The van der Waals surface area contributed by atoms with Crippen LogP contribution in [0.5, 0.6) is 0 Å². The van der Waals surface area contributed by atoms with Crippen molar-refractivity contribution in [2.45, 2.75) is 13.8 Å². The third kappa shape index (κ3) is 4.16. The van der Waals surface area contributed by atoms with E-state index in [1.807, 2.05) is 44.2 Å². The van der Waals surface area contributed by atoms with Crippen LogP contribution in [0.4, 0.5) is 5.69 Å². The number of ketones is 1. The van der Waals surface area contributed by atoms with E-state index in [0.29, 0.717) is 11.3 Å². The lowest BCUT2D eigenvalue weighted by atomic mass is 9.99. The SMILES string of the molecule is CC(C)C(=O)c1ccccc1NC(=O)C=Cc1ccccc1. The van der Waals surface area contributed by atoms with Gasteiger partial charge in [0, 0.05) is 17.6 Å². The molecule has 0 spiro atoms. The highest BCUT2D eigenvalue weighted by atomic mass is 16.1. The zero-order valence-electron chi connectivity index (χ0n) is 12.7. The van der Waals surface area contributed by atoms with Gasteiger partial charge in [0.15, 0.2) is 5.78 Å². The van der Waals surface area contributed by atoms with E-state index in [-0.39, 0.29) is 17.6 Å². The Hall–Kier alpha value is -2.68. The normalized spacial score (nSPS) is 10.9. The Bertz CT molecular complexity index is 688. The van der Waals surface area contributed by atoms with E-state index in [1.54, 1.807) is 30.3 Å². The second kappa shape index (κ2) is 7.36. The van der Waals surface area contributed by atoms with E-state index in [4.69, 9.17) is 0 Å². The summed E-state index contributed by atoms with van der Waals surface area (Å²) in [4.78, 5) is 24.2. The Morgan fingerprint density at radius 3 is 2.27 bits per heavy atom. The van der Waals surface area contributed by atoms with Crippen molar-refractivity contribution in [3.63, 3.8) is 0 Å². The number of nitrogens with one attached hydrogen (secondary N) is 1. The molecule has 0 fully saturated rings. The van der Waals surface area contributed by atoms with E-state index < -0.39 is 0 Å². The molecule has 2 rings (SSSR count). The van der Waals surface area contributed by atoms with Gasteiger partial charge in [0.1, 0.15) is 0 Å². The molecule has 0 heterocycles. The summed E-state index contributed by atoms with van der Waals surface area (Å²) in [7, 11) is 0. The molecule has 112 valence electrons. The molecule has 2 aromatic carbocycles. The molecule has 0 saturated heterocycles. The molecule has 0 aliphatic heterocycles. The van der Waals surface area contributed by atoms with Crippen LogP contribution < -0.4 is 5.32 Å². The van der Waals surface area contributed by atoms with Gasteiger partial charge in [0.25, 0.3) is 0 Å². The second-order valence-corrected chi connectivity index (χ2v) is 5.30. The van der Waals surface area contributed by atoms with Crippen LogP contribution in [0.3, 0.4) is 0 Å². The first kappa shape index (κ1) is 15.7. The second-order valence-electron chi connectivity index (χ2n) is 5.30. The third-order valence-electron chi connectivity index (χ3n) is 3.20. The number of para-hydroxylation sites is 1. The van der Waals surface area contributed by atoms with Crippen LogP contribution in [0.2, 0.25) is 0 Å². The number of rotatable bonds is 5. The van der Waals surface area contributed by atoms with Gasteiger partial charge in [-0.2, -0.15) is 0 Å². The number of hydrogen-bond donors (Lipinski definition) is 1. The molecule has 1 N–H and O–H groups in total. The molecular formula is C19H19NO2. The predicted octanol–water partition coefficient (Wildman–Crippen LogP) is 4.18. The van der Waals surface area contributed by atoms with Crippen molar-refractivity contribution in [1.29, 1.82) is 0 Å². The van der Waals surface area contributed by atoms with Gasteiger partial charge in [0.2, 0.25) is 5.91 Å². The molecule has 22 heavy (non-hydrogen) atoms. The number of anilines is 1. The van der Waals surface area contributed by atoms with Crippen LogP contribution in [-0.2, 0) is 4.79 Å². The van der Waals surface area contributed by atoms with Crippen molar-refractivity contribution >= 4 is 23.5 Å². The number of benzene rings is 2. The Morgan fingerprint density at radius 1 is 0.955 bits per heavy atom. The lowest BCUT2D eigenvalue weighted by Crippen LogP contribution is -2.14. The molecule has 0 unspecified atom stereocenters. The van der Waals surface area contributed by atoms with E-state index in [1.165, 1.54) is 6.08 Å². The molecule has 0 atom stereocenters. The minimum absolute atomic E-state index is 0.0166. The number of carbonyl (C=O) groups excluding carboxylic acids is 2. The summed E-state index contributed by atoms with van der Waals surface area (Å²) in [6, 6.07) is 16.6. The average Bonchev–Trinajstić information content (AvgIpc) is 2.53. The molecule has 3 heteroatoms. The maximum Gasteiger partial charge on any atom is 0.248 e. The van der Waals surface area contributed by atoms with Gasteiger partial charge < -0.3 is 5.32 Å². The molecule has 0 aliphatic rings. The van der Waals surface area contributed by atoms with E-state index in [0.717, 1.165) is 5.56 Å². The fraction of sp³-hybridized carbons (Fsp3) is 0.158. The van der Waals surface area contributed by atoms with Crippen LogP contribution in [0.25, 0.3) is 6.08 Å². The van der Waals surface area contributed by atoms with Crippen molar-refractivity contribution in [2.75, 3.05) is 5.32 Å². The monoisotopic (exact) mass is 293 g/mol. The summed E-state index contributed by atoms with van der Waals surface area (Å²) in [6.45, 7) is 3.69. The smallest absolute Gasteiger partial charge is 0.248 e. The van der Waals surface area contributed by atoms with Crippen molar-refractivity contribution in [1.82, 2.24) is 0 Å². The summed E-state index contributed by atoms with van der Waals surface area (Å²) in [6.07, 6.45) is 3.20.